The van der Waals surface area contributed by atoms with Crippen molar-refractivity contribution in [3.63, 3.8) is 0 Å². The topological polar surface area (TPSA) is 26.3 Å². The fraction of sp³-hybridized carbons (Fsp3) is 0.750. The average molecular weight is 337 g/mol. The van der Waals surface area contributed by atoms with Crippen molar-refractivity contribution in [2.75, 3.05) is 6.61 Å². The maximum absolute atomic E-state index is 11.9. The van der Waals surface area contributed by atoms with E-state index >= 15 is 0 Å². The van der Waals surface area contributed by atoms with E-state index in [1.165, 1.54) is 0 Å². The molecule has 0 fully saturated rings. The van der Waals surface area contributed by atoms with Gasteiger partial charge in [-0.15, -0.1) is 0 Å². The third kappa shape index (κ3) is 6.76. The first-order chi connectivity index (χ1) is 10.5. The third-order valence-corrected chi connectivity index (χ3v) is 9.92. The maximum Gasteiger partial charge on any atom is 0.192 e. The zero-order chi connectivity index (χ0) is 17.7. The van der Waals surface area contributed by atoms with Gasteiger partial charge in [-0.2, -0.15) is 0 Å². The molecule has 0 aromatic heterocycles. The summed E-state index contributed by atoms with van der Waals surface area (Å²) in [5.41, 5.74) is 0. The summed E-state index contributed by atoms with van der Waals surface area (Å²) in [6, 6.07) is 0. The van der Waals surface area contributed by atoms with E-state index in [-0.39, 0.29) is 10.8 Å². The molecular formula is C20H36O2Si. The second kappa shape index (κ2) is 8.43. The summed E-state index contributed by atoms with van der Waals surface area (Å²) < 4.78 is 6.39. The molecule has 0 saturated carbocycles. The van der Waals surface area contributed by atoms with Crippen LogP contribution in [0.25, 0.3) is 0 Å². The number of carbonyl (C=O) groups excluding carboxylic acids is 1. The molecule has 0 spiro atoms. The largest absolute Gasteiger partial charge is 0.416 e. The molecule has 0 aromatic rings. The Morgan fingerprint density at radius 1 is 1.26 bits per heavy atom. The fourth-order valence-corrected chi connectivity index (χ4v) is 3.52. The number of hydrogen-bond acceptors (Lipinski definition) is 2. The molecule has 23 heavy (non-hydrogen) atoms. The van der Waals surface area contributed by atoms with E-state index in [4.69, 9.17) is 4.43 Å². The van der Waals surface area contributed by atoms with Gasteiger partial charge in [0, 0.05) is 18.9 Å². The van der Waals surface area contributed by atoms with Gasteiger partial charge in [0.15, 0.2) is 14.1 Å². The highest BCUT2D eigenvalue weighted by Crippen LogP contribution is 2.37. The van der Waals surface area contributed by atoms with E-state index < -0.39 is 8.32 Å². The van der Waals surface area contributed by atoms with E-state index in [0.29, 0.717) is 24.2 Å². The van der Waals surface area contributed by atoms with Crippen molar-refractivity contribution in [2.45, 2.75) is 72.0 Å². The smallest absolute Gasteiger partial charge is 0.192 e. The Labute approximate surface area is 144 Å². The van der Waals surface area contributed by atoms with Crippen molar-refractivity contribution in [1.29, 1.82) is 0 Å². The summed E-state index contributed by atoms with van der Waals surface area (Å²) in [4.78, 5) is 11.9. The Bertz CT molecular complexity index is 441. The van der Waals surface area contributed by atoms with Crippen LogP contribution in [0.4, 0.5) is 0 Å². The minimum Gasteiger partial charge on any atom is -0.416 e. The standard InChI is InChI=1S/C20H36O2Si/c1-16(2)18-12-11-17(9-8-10-19(21)14-13-18)15-22-23(6,7)20(3,4)5/h8,10-12,16-18H,9,13-15H2,1-7H3/b10-8-,12-11-. The molecular weight excluding hydrogens is 300 g/mol. The molecule has 1 aliphatic rings. The van der Waals surface area contributed by atoms with Crippen molar-refractivity contribution >= 4 is 14.1 Å². The molecule has 1 aliphatic carbocycles. The van der Waals surface area contributed by atoms with Gasteiger partial charge in [0.1, 0.15) is 0 Å². The molecule has 132 valence electrons. The predicted molar refractivity (Wildman–Crippen MR) is 102 cm³/mol. The summed E-state index contributed by atoms with van der Waals surface area (Å²) in [6.45, 7) is 16.7. The predicted octanol–water partition coefficient (Wildman–Crippen LogP) is 5.76. The van der Waals surface area contributed by atoms with Gasteiger partial charge in [-0.1, -0.05) is 52.8 Å². The average Bonchev–Trinajstić information content (AvgIpc) is 2.42. The summed E-state index contributed by atoms with van der Waals surface area (Å²) in [7, 11) is -1.72. The van der Waals surface area contributed by atoms with Gasteiger partial charge in [0.25, 0.3) is 0 Å². The van der Waals surface area contributed by atoms with Crippen molar-refractivity contribution in [1.82, 2.24) is 0 Å². The fourth-order valence-electron chi connectivity index (χ4n) is 2.45. The Morgan fingerprint density at radius 3 is 2.48 bits per heavy atom. The van der Waals surface area contributed by atoms with Crippen LogP contribution in [0.3, 0.4) is 0 Å². The molecule has 2 atom stereocenters. The van der Waals surface area contributed by atoms with Crippen LogP contribution in [0.2, 0.25) is 18.1 Å². The number of ketones is 1. The molecule has 0 bridgehead atoms. The van der Waals surface area contributed by atoms with Crippen molar-refractivity contribution in [3.8, 4) is 0 Å². The lowest BCUT2D eigenvalue weighted by Crippen LogP contribution is -2.41. The molecule has 2 unspecified atom stereocenters. The number of allylic oxidation sites excluding steroid dienone is 3. The minimum absolute atomic E-state index is 0.235. The Balaban J connectivity index is 2.79. The van der Waals surface area contributed by atoms with Crippen molar-refractivity contribution in [2.24, 2.45) is 17.8 Å². The minimum atomic E-state index is -1.72. The van der Waals surface area contributed by atoms with E-state index in [1.807, 2.05) is 6.08 Å². The van der Waals surface area contributed by atoms with Crippen LogP contribution in [0.5, 0.6) is 0 Å². The third-order valence-electron chi connectivity index (χ3n) is 5.42. The second-order valence-electron chi connectivity index (χ2n) is 8.77. The highest BCUT2D eigenvalue weighted by atomic mass is 28.4. The molecule has 0 aliphatic heterocycles. The first kappa shape index (κ1) is 20.4. The van der Waals surface area contributed by atoms with E-state index in [1.54, 1.807) is 6.08 Å². The number of rotatable bonds is 4. The van der Waals surface area contributed by atoms with E-state index in [2.05, 4.69) is 59.9 Å². The maximum atomic E-state index is 11.9. The second-order valence-corrected chi connectivity index (χ2v) is 13.6. The SMILES string of the molecule is CC(C)C1/C=C\C(CO[Si](C)(C)C(C)(C)C)C/C=C\C(=O)CC1. The Kier molecular flexibility index (Phi) is 7.47. The van der Waals surface area contributed by atoms with Crippen LogP contribution in [0, 0.1) is 17.8 Å². The lowest BCUT2D eigenvalue weighted by molar-refractivity contribution is -0.114. The molecule has 0 radical (unpaired) electrons. The molecule has 0 amide bonds. The van der Waals surface area contributed by atoms with Gasteiger partial charge >= 0.3 is 0 Å². The van der Waals surface area contributed by atoms with Crippen LogP contribution < -0.4 is 0 Å². The van der Waals surface area contributed by atoms with Crippen LogP contribution >= 0.6 is 0 Å². The summed E-state index contributed by atoms with van der Waals surface area (Å²) in [5.74, 6) is 1.69. The van der Waals surface area contributed by atoms with Gasteiger partial charge in [0.05, 0.1) is 0 Å². The lowest BCUT2D eigenvalue weighted by atomic mass is 9.88. The number of carbonyl (C=O) groups is 1. The van der Waals surface area contributed by atoms with Crippen molar-refractivity contribution < 1.29 is 9.22 Å². The van der Waals surface area contributed by atoms with Gasteiger partial charge in [0.2, 0.25) is 0 Å². The Hall–Kier alpha value is -0.673. The quantitative estimate of drug-likeness (QED) is 0.482. The molecule has 0 saturated heterocycles. The molecule has 0 heterocycles. The first-order valence-electron chi connectivity index (χ1n) is 9.04. The molecule has 2 nitrogen and oxygen atoms in total. The van der Waals surface area contributed by atoms with E-state index in [9.17, 15) is 4.79 Å². The first-order valence-corrected chi connectivity index (χ1v) is 12.0. The normalized spacial score (nSPS) is 27.0. The summed E-state index contributed by atoms with van der Waals surface area (Å²) >= 11 is 0. The van der Waals surface area contributed by atoms with Crippen LogP contribution in [-0.2, 0) is 9.22 Å². The highest BCUT2D eigenvalue weighted by Gasteiger charge is 2.37. The van der Waals surface area contributed by atoms with Crippen LogP contribution in [0.15, 0.2) is 24.3 Å². The van der Waals surface area contributed by atoms with Gasteiger partial charge < -0.3 is 4.43 Å². The van der Waals surface area contributed by atoms with Gasteiger partial charge in [-0.25, -0.2) is 0 Å². The van der Waals surface area contributed by atoms with Gasteiger partial charge in [-0.05, 0) is 48.9 Å². The molecule has 3 heteroatoms. The molecule has 0 aromatic carbocycles. The van der Waals surface area contributed by atoms with Crippen molar-refractivity contribution in [3.05, 3.63) is 24.3 Å². The zero-order valence-electron chi connectivity index (χ0n) is 16.2. The Morgan fingerprint density at radius 2 is 1.91 bits per heavy atom. The van der Waals surface area contributed by atoms with Crippen LogP contribution in [0.1, 0.15) is 53.9 Å². The highest BCUT2D eigenvalue weighted by molar-refractivity contribution is 6.74. The summed E-state index contributed by atoms with van der Waals surface area (Å²) in [5, 5.41) is 0.235. The van der Waals surface area contributed by atoms with E-state index in [0.717, 1.165) is 19.4 Å². The van der Waals surface area contributed by atoms with Crippen LogP contribution in [-0.4, -0.2) is 20.7 Å². The molecule has 0 N–H and O–H groups in total. The van der Waals surface area contributed by atoms with Gasteiger partial charge in [-0.3, -0.25) is 4.79 Å². The lowest BCUT2D eigenvalue weighted by Gasteiger charge is -2.37. The zero-order valence-corrected chi connectivity index (χ0v) is 17.2. The monoisotopic (exact) mass is 336 g/mol. The molecule has 1 rings (SSSR count). The number of hydrogen-bond donors (Lipinski definition) is 0. The summed E-state index contributed by atoms with van der Waals surface area (Å²) in [6.07, 6.45) is 11.0.